The zero-order chi connectivity index (χ0) is 15.8. The molecule has 0 atom stereocenters. The van der Waals surface area contributed by atoms with Gasteiger partial charge in [0.2, 0.25) is 0 Å². The summed E-state index contributed by atoms with van der Waals surface area (Å²) >= 11 is 0. The van der Waals surface area contributed by atoms with E-state index < -0.39 is 0 Å². The summed E-state index contributed by atoms with van der Waals surface area (Å²) in [6.45, 7) is 4.94. The van der Waals surface area contributed by atoms with E-state index in [1.54, 1.807) is 0 Å². The molecule has 0 heterocycles. The number of benzene rings is 2. The minimum atomic E-state index is -0.183. The maximum atomic E-state index is 11.7. The largest absolute Gasteiger partial charge is 0.457 e. The number of hydrogen-bond acceptors (Lipinski definition) is 2. The Morgan fingerprint density at radius 1 is 1.00 bits per heavy atom. The number of hydrogen-bond donors (Lipinski definition) is 2. The van der Waals surface area contributed by atoms with Crippen LogP contribution in [-0.4, -0.2) is 12.6 Å². The molecule has 4 heteroatoms. The number of carbonyl (C=O) groups is 1. The molecule has 0 saturated carbocycles. The Balaban J connectivity index is 1.82. The van der Waals surface area contributed by atoms with Crippen LogP contribution in [0.4, 0.5) is 10.5 Å². The van der Waals surface area contributed by atoms with Gasteiger partial charge < -0.3 is 15.4 Å². The fourth-order valence-electron chi connectivity index (χ4n) is 1.88. The van der Waals surface area contributed by atoms with Crippen LogP contribution >= 0.6 is 0 Å². The van der Waals surface area contributed by atoms with Gasteiger partial charge in [-0.25, -0.2) is 4.79 Å². The molecule has 0 aliphatic carbocycles. The number of amides is 2. The highest BCUT2D eigenvalue weighted by molar-refractivity contribution is 5.89. The predicted octanol–water partition coefficient (Wildman–Crippen LogP) is 4.65. The van der Waals surface area contributed by atoms with Gasteiger partial charge in [0, 0.05) is 12.2 Å². The van der Waals surface area contributed by atoms with E-state index in [4.69, 9.17) is 4.74 Å². The van der Waals surface area contributed by atoms with Crippen LogP contribution in [0.1, 0.15) is 20.3 Å². The highest BCUT2D eigenvalue weighted by Gasteiger charge is 2.03. The fourth-order valence-corrected chi connectivity index (χ4v) is 1.88. The summed E-state index contributed by atoms with van der Waals surface area (Å²) in [5.41, 5.74) is 0.738. The first kappa shape index (κ1) is 15.9. The zero-order valence-corrected chi connectivity index (χ0v) is 13.0. The van der Waals surface area contributed by atoms with Crippen molar-refractivity contribution in [3.63, 3.8) is 0 Å². The van der Waals surface area contributed by atoms with Crippen molar-refractivity contribution in [1.29, 1.82) is 0 Å². The van der Waals surface area contributed by atoms with Crippen LogP contribution in [-0.2, 0) is 0 Å². The average molecular weight is 298 g/mol. The van der Waals surface area contributed by atoms with Crippen molar-refractivity contribution in [3.05, 3.63) is 54.6 Å². The molecular weight excluding hydrogens is 276 g/mol. The smallest absolute Gasteiger partial charge is 0.319 e. The third-order valence-electron chi connectivity index (χ3n) is 3.10. The van der Waals surface area contributed by atoms with Crippen molar-refractivity contribution >= 4 is 11.7 Å². The fraction of sp³-hybridized carbons (Fsp3) is 0.278. The molecule has 116 valence electrons. The van der Waals surface area contributed by atoms with Gasteiger partial charge in [-0.1, -0.05) is 32.0 Å². The highest BCUT2D eigenvalue weighted by atomic mass is 16.5. The molecule has 22 heavy (non-hydrogen) atoms. The van der Waals surface area contributed by atoms with E-state index in [2.05, 4.69) is 24.5 Å². The molecule has 0 radical (unpaired) electrons. The predicted molar refractivity (Wildman–Crippen MR) is 89.4 cm³/mol. The number of rotatable bonds is 6. The number of anilines is 1. The van der Waals surface area contributed by atoms with Crippen molar-refractivity contribution in [3.8, 4) is 11.5 Å². The van der Waals surface area contributed by atoms with Crippen LogP contribution in [0.2, 0.25) is 0 Å². The second kappa shape index (κ2) is 8.08. The van der Waals surface area contributed by atoms with Gasteiger partial charge in [0.25, 0.3) is 0 Å². The first-order valence-electron chi connectivity index (χ1n) is 7.51. The van der Waals surface area contributed by atoms with E-state index in [9.17, 15) is 4.79 Å². The van der Waals surface area contributed by atoms with Gasteiger partial charge >= 0.3 is 6.03 Å². The molecular formula is C18H22N2O2. The minimum absolute atomic E-state index is 0.183. The molecule has 0 aliphatic heterocycles. The van der Waals surface area contributed by atoms with Gasteiger partial charge in [-0.15, -0.1) is 0 Å². The monoisotopic (exact) mass is 298 g/mol. The molecule has 0 spiro atoms. The molecule has 0 aliphatic rings. The minimum Gasteiger partial charge on any atom is -0.457 e. The summed E-state index contributed by atoms with van der Waals surface area (Å²) in [7, 11) is 0. The standard InChI is InChI=1S/C18H22N2O2/c1-14(2)12-13-19-18(21)20-15-8-10-17(11-9-15)22-16-6-4-3-5-7-16/h3-11,14H,12-13H2,1-2H3,(H2,19,20,21). The van der Waals surface area contributed by atoms with Crippen molar-refractivity contribution in [2.24, 2.45) is 5.92 Å². The highest BCUT2D eigenvalue weighted by Crippen LogP contribution is 2.22. The third-order valence-corrected chi connectivity index (χ3v) is 3.10. The molecule has 0 saturated heterocycles. The van der Waals surface area contributed by atoms with E-state index in [1.165, 1.54) is 0 Å². The Bertz CT molecular complexity index is 580. The SMILES string of the molecule is CC(C)CCNC(=O)Nc1ccc(Oc2ccccc2)cc1. The summed E-state index contributed by atoms with van der Waals surface area (Å²) in [4.78, 5) is 11.7. The molecule has 2 rings (SSSR count). The van der Waals surface area contributed by atoms with E-state index >= 15 is 0 Å². The van der Waals surface area contributed by atoms with E-state index in [1.807, 2.05) is 54.6 Å². The summed E-state index contributed by atoms with van der Waals surface area (Å²) < 4.78 is 5.70. The Labute approximate surface area is 131 Å². The second-order valence-corrected chi connectivity index (χ2v) is 5.50. The topological polar surface area (TPSA) is 50.4 Å². The average Bonchev–Trinajstić information content (AvgIpc) is 2.50. The van der Waals surface area contributed by atoms with Crippen molar-refractivity contribution < 1.29 is 9.53 Å². The lowest BCUT2D eigenvalue weighted by Crippen LogP contribution is -2.30. The van der Waals surface area contributed by atoms with Gasteiger partial charge in [-0.05, 0) is 48.7 Å². The normalized spacial score (nSPS) is 10.3. The van der Waals surface area contributed by atoms with E-state index in [0.29, 0.717) is 12.5 Å². The Kier molecular flexibility index (Phi) is 5.83. The van der Waals surface area contributed by atoms with E-state index in [0.717, 1.165) is 23.6 Å². The molecule has 0 bridgehead atoms. The summed E-state index contributed by atoms with van der Waals surface area (Å²) in [5, 5.41) is 5.64. The molecule has 4 nitrogen and oxygen atoms in total. The first-order valence-corrected chi connectivity index (χ1v) is 7.51. The Morgan fingerprint density at radius 3 is 2.27 bits per heavy atom. The van der Waals surface area contributed by atoms with Crippen LogP contribution in [0.25, 0.3) is 0 Å². The molecule has 0 fully saturated rings. The van der Waals surface area contributed by atoms with Crippen molar-refractivity contribution in [2.45, 2.75) is 20.3 Å². The van der Waals surface area contributed by atoms with Crippen LogP contribution < -0.4 is 15.4 Å². The third kappa shape index (κ3) is 5.48. The summed E-state index contributed by atoms with van der Waals surface area (Å²) in [5.74, 6) is 2.10. The van der Waals surface area contributed by atoms with Crippen LogP contribution in [0.15, 0.2) is 54.6 Å². The number of carbonyl (C=O) groups excluding carboxylic acids is 1. The molecule has 0 unspecified atom stereocenters. The molecule has 0 aromatic heterocycles. The summed E-state index contributed by atoms with van der Waals surface area (Å²) in [6, 6.07) is 16.7. The number of para-hydroxylation sites is 1. The number of ether oxygens (including phenoxy) is 1. The van der Waals surface area contributed by atoms with Gasteiger partial charge in [0.05, 0.1) is 0 Å². The number of nitrogens with one attached hydrogen (secondary N) is 2. The van der Waals surface area contributed by atoms with Gasteiger partial charge in [-0.2, -0.15) is 0 Å². The summed E-state index contributed by atoms with van der Waals surface area (Å²) in [6.07, 6.45) is 0.970. The van der Waals surface area contributed by atoms with Crippen LogP contribution in [0.5, 0.6) is 11.5 Å². The quantitative estimate of drug-likeness (QED) is 0.815. The van der Waals surface area contributed by atoms with E-state index in [-0.39, 0.29) is 6.03 Å². The zero-order valence-electron chi connectivity index (χ0n) is 13.0. The van der Waals surface area contributed by atoms with Crippen LogP contribution in [0, 0.1) is 5.92 Å². The van der Waals surface area contributed by atoms with Gasteiger partial charge in [0.15, 0.2) is 0 Å². The lowest BCUT2D eigenvalue weighted by molar-refractivity contribution is 0.251. The van der Waals surface area contributed by atoms with Crippen molar-refractivity contribution in [2.75, 3.05) is 11.9 Å². The maximum absolute atomic E-state index is 11.7. The molecule has 2 aromatic carbocycles. The Morgan fingerprint density at radius 2 is 1.64 bits per heavy atom. The van der Waals surface area contributed by atoms with Crippen LogP contribution in [0.3, 0.4) is 0 Å². The van der Waals surface area contributed by atoms with Gasteiger partial charge in [0.1, 0.15) is 11.5 Å². The Hall–Kier alpha value is -2.49. The number of urea groups is 1. The molecule has 2 aromatic rings. The lowest BCUT2D eigenvalue weighted by Gasteiger charge is -2.10. The lowest BCUT2D eigenvalue weighted by atomic mass is 10.1. The first-order chi connectivity index (χ1) is 10.6. The molecule has 2 amide bonds. The molecule has 2 N–H and O–H groups in total. The maximum Gasteiger partial charge on any atom is 0.319 e. The van der Waals surface area contributed by atoms with Gasteiger partial charge in [-0.3, -0.25) is 0 Å². The second-order valence-electron chi connectivity index (χ2n) is 5.50. The van der Waals surface area contributed by atoms with Crippen molar-refractivity contribution in [1.82, 2.24) is 5.32 Å².